The first-order valence-electron chi connectivity index (χ1n) is 61.2. The zero-order valence-corrected chi connectivity index (χ0v) is 51.8. The van der Waals surface area contributed by atoms with Crippen LogP contribution in [0.25, 0.3) is 177 Å². The van der Waals surface area contributed by atoms with Crippen LogP contribution in [0, 0.1) is 13.8 Å². The summed E-state index contributed by atoms with van der Waals surface area (Å²) in [5, 5.41) is -5.08. The van der Waals surface area contributed by atoms with Gasteiger partial charge in [-0.25, -0.2) is 0 Å². The lowest BCUT2D eigenvalue weighted by atomic mass is 10.0. The van der Waals surface area contributed by atoms with Crippen molar-refractivity contribution in [3.8, 4) is 89.5 Å². The number of benzene rings is 16. The van der Waals surface area contributed by atoms with E-state index in [9.17, 15) is 35.6 Å². The van der Waals surface area contributed by atoms with E-state index in [1.165, 1.54) is 13.8 Å². The molecule has 0 radical (unpaired) electrons. The molecular weight excluding hydrogens is 1230 g/mol. The van der Waals surface area contributed by atoms with Crippen LogP contribution in [0.15, 0.2) is 375 Å². The number of hydrogen-bond acceptors (Lipinski definition) is 0. The Hall–Kier alpha value is -13.3. The van der Waals surface area contributed by atoms with E-state index in [1.54, 1.807) is 0 Å². The lowest BCUT2D eigenvalue weighted by Crippen LogP contribution is -1.94. The van der Waals surface area contributed by atoms with E-state index in [0.29, 0.717) is 13.7 Å². The van der Waals surface area contributed by atoms with Gasteiger partial charge in [0.25, 0.3) is 0 Å². The van der Waals surface area contributed by atoms with Gasteiger partial charge in [0.2, 0.25) is 0 Å². The van der Waals surface area contributed by atoms with Gasteiger partial charge >= 0.3 is 0 Å². The van der Waals surface area contributed by atoms with Crippen LogP contribution in [0.3, 0.4) is 0 Å². The number of rotatable bonds is 10. The monoisotopic (exact) mass is 1360 g/mol. The number of fused-ring (bicyclic) bond motifs is 12. The van der Waals surface area contributed by atoms with Crippen molar-refractivity contribution >= 4 is 87.2 Å². The van der Waals surface area contributed by atoms with Gasteiger partial charge in [-0.15, -0.1) is 0 Å². The van der Waals surface area contributed by atoms with Crippen molar-refractivity contribution in [2.45, 2.75) is 13.8 Å². The molecule has 0 aliphatic carbocycles. The van der Waals surface area contributed by atoms with Crippen LogP contribution in [0.1, 0.15) is 96.1 Å². The third kappa shape index (κ3) is 10.5. The molecule has 4 aromatic heterocycles. The van der Waals surface area contributed by atoms with E-state index in [-0.39, 0.29) is 11.1 Å². The Morgan fingerprint density at radius 2 is 0.412 bits per heavy atom. The molecule has 0 atom stereocenters. The van der Waals surface area contributed by atoms with E-state index in [4.69, 9.17) is 49.3 Å². The van der Waals surface area contributed by atoms with Gasteiger partial charge in [-0.3, -0.25) is 0 Å². The zero-order valence-electron chi connectivity index (χ0n) is 114. The topological polar surface area (TPSA) is 19.7 Å². The first kappa shape index (κ1) is 24.0. The molecule has 4 nitrogen and oxygen atoms in total. The van der Waals surface area contributed by atoms with E-state index in [0.717, 1.165) is 4.57 Å². The SMILES string of the molecule is [2H]c1c([2H])c([2H])c(-c2c([2H])c([2H])c(-n3c4c([2H])c([2H])c(-c5c([2H])c([2H])c6c(c5[2H])c5c([2H])c([2H])c([2H])c([2H])c5n6-c5c([2H])c([2H])c([2H])c(-c6c([2H])c([2H])c([2H])c([2H])c6[2H])c5[2H])c([2H])c4c4c([2H])c([2H])c(C)c([2H])c43)c([2H])c2[2H])c([2H])c1[2H].[2H]c1c([2H])c([2H])c(-c2c([2H])c([2H])c([2H])c(-n3c4c([2H])c([2H])c([2H])c([2H])c4c4c([2H])c(-c5c([2H])c([2H])c6c(c5[2H])c5c([2H])c([2H])c([2H])c([2H])c5n6-c5c([2H])c([2H])c([2H])c(-c6c([2H])c([2H])c(C)c([2H])c6[2H])c5[2H])c([2H])c([2H])c43)c2[2H])c([2H])c1[2H]. The number of hydrogen-bond donors (Lipinski definition) is 0. The van der Waals surface area contributed by atoms with Crippen molar-refractivity contribution in [1.29, 1.82) is 0 Å². The standard InChI is InChI=1S/2C49H34N2/c1-33-19-26-43-45-32-39(22-27-47(45)50(49(43)29-33)40-24-20-36(21-25-40)34-11-4-2-5-12-34)38-23-28-48-44(31-38)42-17-8-9-18-46(42)51(48)41-16-10-15-37(30-41)35-13-6-3-7-14-35;1-33-21-23-35(24-22-33)37-14-10-16-41(30-37)51-47-20-8-6-18-43(47)45-32-39(26-28-49(45)51)38-25-27-48-44(31-38)42-17-5-7-19-46(42)50(48)40-15-9-13-36(29-40)34-11-3-2-4-12-34/h2*2-32H,1H3/i2*2D,3D,4D,5D,6D,7D,8D,9D,10D,11D,12D,13D,14D,15D,16D,17D,18D,19D,20D,21D,22D,23D,24D,25D,26D,27D,28D,29D,30D,31D,32D. The molecule has 0 amide bonds. The van der Waals surface area contributed by atoms with Crippen LogP contribution in [0.5, 0.6) is 0 Å². The van der Waals surface area contributed by atoms with Crippen molar-refractivity contribution in [2.75, 3.05) is 0 Å². The quantitative estimate of drug-likeness (QED) is 0.130. The molecule has 102 heavy (non-hydrogen) atoms. The highest BCUT2D eigenvalue weighted by molar-refractivity contribution is 6.15. The number of aromatic nitrogens is 4. The highest BCUT2D eigenvalue weighted by Crippen LogP contribution is 2.43. The van der Waals surface area contributed by atoms with Crippen LogP contribution in [-0.4, -0.2) is 18.3 Å². The first-order chi connectivity index (χ1) is 76.3. The molecule has 0 aliphatic heterocycles. The van der Waals surface area contributed by atoms with Gasteiger partial charge in [0, 0.05) is 65.8 Å². The van der Waals surface area contributed by atoms with Crippen molar-refractivity contribution in [3.05, 3.63) is 386 Å². The second-order valence-electron chi connectivity index (χ2n) is 22.0. The molecule has 0 N–H and O–H groups in total. The normalized spacial score (nSPS) is 20.1. The van der Waals surface area contributed by atoms with Crippen molar-refractivity contribution in [3.63, 3.8) is 0 Å². The minimum Gasteiger partial charge on any atom is -0.309 e. The predicted molar refractivity (Wildman–Crippen MR) is 432 cm³/mol. The van der Waals surface area contributed by atoms with Gasteiger partial charge in [0.15, 0.2) is 0 Å². The molecule has 0 aliphatic rings. The third-order valence-electron chi connectivity index (χ3n) is 16.0. The maximum absolute atomic E-state index is 9.91. The van der Waals surface area contributed by atoms with Crippen LogP contribution in [-0.2, 0) is 0 Å². The predicted octanol–water partition coefficient (Wildman–Crippen LogP) is 26.4. The molecule has 0 bridgehead atoms. The molecule has 20 aromatic rings. The molecule has 0 fully saturated rings. The maximum atomic E-state index is 9.91. The maximum Gasteiger partial charge on any atom is 0.0651 e. The van der Waals surface area contributed by atoms with E-state index < -0.39 is 551 Å². The molecular formula is C98H68N4. The first-order valence-corrected chi connectivity index (χ1v) is 30.2. The minimum atomic E-state index is -1.11. The van der Waals surface area contributed by atoms with Gasteiger partial charge in [0.05, 0.1) is 129 Å². The van der Waals surface area contributed by atoms with E-state index >= 15 is 0 Å². The number of para-hydroxylation sites is 3. The summed E-state index contributed by atoms with van der Waals surface area (Å²) in [5.74, 6) is 0. The summed E-state index contributed by atoms with van der Waals surface area (Å²) in [6.07, 6.45) is 0. The summed E-state index contributed by atoms with van der Waals surface area (Å²) >= 11 is 0. The van der Waals surface area contributed by atoms with Crippen LogP contribution < -0.4 is 0 Å². The molecule has 0 spiro atoms. The Morgan fingerprint density at radius 1 is 0.157 bits per heavy atom. The molecule has 0 unspecified atom stereocenters. The molecule has 480 valence electrons. The summed E-state index contributed by atoms with van der Waals surface area (Å²) in [4.78, 5) is 0. The van der Waals surface area contributed by atoms with E-state index in [2.05, 4.69) is 0 Å². The van der Waals surface area contributed by atoms with Crippen molar-refractivity contribution in [1.82, 2.24) is 18.3 Å². The van der Waals surface area contributed by atoms with Gasteiger partial charge < -0.3 is 18.3 Å². The Labute approximate surface area is 679 Å². The summed E-state index contributed by atoms with van der Waals surface area (Å²) in [6, 6.07) is -57.9. The smallest absolute Gasteiger partial charge is 0.0651 e. The lowest BCUT2D eigenvalue weighted by molar-refractivity contribution is 1.18. The summed E-state index contributed by atoms with van der Waals surface area (Å²) in [7, 11) is 0. The molecule has 0 saturated carbocycles. The van der Waals surface area contributed by atoms with Crippen LogP contribution in [0.2, 0.25) is 0 Å². The summed E-state index contributed by atoms with van der Waals surface area (Å²) < 4.78 is 561. The molecule has 4 heteroatoms. The fraction of sp³-hybridized carbons (Fsp3) is 0.0204. The number of nitrogens with zero attached hydrogens (tertiary/aromatic N) is 4. The van der Waals surface area contributed by atoms with Crippen molar-refractivity contribution in [2.24, 2.45) is 0 Å². The second-order valence-corrected chi connectivity index (χ2v) is 22.0. The fourth-order valence-corrected chi connectivity index (χ4v) is 11.5. The van der Waals surface area contributed by atoms with Crippen molar-refractivity contribution < 1.29 is 85.0 Å². The molecule has 0 saturated heterocycles. The second kappa shape index (κ2) is 24.9. The lowest BCUT2D eigenvalue weighted by Gasteiger charge is -2.11. The average molecular weight is 1360 g/mol. The average Bonchev–Trinajstić information content (AvgIpc) is 1.52. The van der Waals surface area contributed by atoms with Gasteiger partial charge in [-0.1, -0.05) is 259 Å². The largest absolute Gasteiger partial charge is 0.309 e. The Bertz CT molecular complexity index is 10200. The molecule has 20 rings (SSSR count). The van der Waals surface area contributed by atoms with Gasteiger partial charge in [-0.05, 0) is 207 Å². The Balaban J connectivity index is 0.000000202. The molecule has 16 aromatic carbocycles. The third-order valence-corrected chi connectivity index (χ3v) is 16.0. The van der Waals surface area contributed by atoms with Gasteiger partial charge in [0.1, 0.15) is 0 Å². The zero-order chi connectivity index (χ0) is 122. The molecule has 4 heterocycles. The summed E-state index contributed by atoms with van der Waals surface area (Å²) in [5.41, 5.74) is -18.7. The van der Waals surface area contributed by atoms with Crippen LogP contribution in [0.4, 0.5) is 0 Å². The highest BCUT2D eigenvalue weighted by atomic mass is 15.0. The fourth-order valence-electron chi connectivity index (χ4n) is 11.5. The Morgan fingerprint density at radius 3 is 0.794 bits per heavy atom. The van der Waals surface area contributed by atoms with Gasteiger partial charge in [-0.2, -0.15) is 0 Å². The minimum absolute atomic E-state index is 0.117. The van der Waals surface area contributed by atoms with Crippen LogP contribution >= 0.6 is 0 Å². The Kier molecular flexibility index (Phi) is 5.86. The van der Waals surface area contributed by atoms with E-state index in [1.807, 2.05) is 0 Å². The highest BCUT2D eigenvalue weighted by Gasteiger charge is 2.20. The summed E-state index contributed by atoms with van der Waals surface area (Å²) in [6.45, 7) is 2.55.